The summed E-state index contributed by atoms with van der Waals surface area (Å²) >= 11 is 0. The molecule has 1 rings (SSSR count). The number of aliphatic hydroxyl groups excluding tert-OH is 1. The number of hydrogen-bond acceptors (Lipinski definition) is 5. The second kappa shape index (κ2) is 4.85. The molecule has 0 amide bonds. The van der Waals surface area contributed by atoms with E-state index >= 15 is 0 Å². The standard InChI is InChI=1S/C11H14O5S/c1-7-4-5-8(10(12)11(13)16-2)9(6-7)17(3,14)15/h4-6,10,12H,1-3H3. The van der Waals surface area contributed by atoms with Gasteiger partial charge in [-0.2, -0.15) is 0 Å². The summed E-state index contributed by atoms with van der Waals surface area (Å²) in [5, 5.41) is 9.69. The van der Waals surface area contributed by atoms with Gasteiger partial charge in [0.15, 0.2) is 15.9 Å². The maximum atomic E-state index is 11.6. The van der Waals surface area contributed by atoms with Crippen molar-refractivity contribution in [1.29, 1.82) is 0 Å². The van der Waals surface area contributed by atoms with Gasteiger partial charge in [0, 0.05) is 11.8 Å². The number of carbonyl (C=O) groups excluding carboxylic acids is 1. The molecule has 0 bridgehead atoms. The molecule has 1 aromatic rings. The van der Waals surface area contributed by atoms with E-state index in [1.165, 1.54) is 12.1 Å². The summed E-state index contributed by atoms with van der Waals surface area (Å²) in [4.78, 5) is 11.1. The fraction of sp³-hybridized carbons (Fsp3) is 0.364. The molecule has 17 heavy (non-hydrogen) atoms. The van der Waals surface area contributed by atoms with Crippen molar-refractivity contribution >= 4 is 15.8 Å². The summed E-state index contributed by atoms with van der Waals surface area (Å²) in [5.74, 6) is -0.890. The molecule has 0 heterocycles. The SMILES string of the molecule is COC(=O)C(O)c1ccc(C)cc1S(C)(=O)=O. The molecule has 1 atom stereocenters. The quantitative estimate of drug-likeness (QED) is 0.803. The lowest BCUT2D eigenvalue weighted by Gasteiger charge is -2.13. The third-order valence-electron chi connectivity index (χ3n) is 2.29. The van der Waals surface area contributed by atoms with Crippen LogP contribution in [0.1, 0.15) is 17.2 Å². The monoisotopic (exact) mass is 258 g/mol. The second-order valence-corrected chi connectivity index (χ2v) is 5.72. The highest BCUT2D eigenvalue weighted by Gasteiger charge is 2.25. The summed E-state index contributed by atoms with van der Waals surface area (Å²) in [6.07, 6.45) is -0.569. The van der Waals surface area contributed by atoms with Crippen LogP contribution in [0.25, 0.3) is 0 Å². The van der Waals surface area contributed by atoms with E-state index in [-0.39, 0.29) is 10.5 Å². The van der Waals surface area contributed by atoms with Crippen LogP contribution in [0.5, 0.6) is 0 Å². The minimum atomic E-state index is -3.51. The van der Waals surface area contributed by atoms with Gasteiger partial charge in [-0.3, -0.25) is 0 Å². The molecule has 0 aliphatic rings. The van der Waals surface area contributed by atoms with E-state index in [9.17, 15) is 18.3 Å². The van der Waals surface area contributed by atoms with E-state index in [1.54, 1.807) is 13.0 Å². The van der Waals surface area contributed by atoms with E-state index in [0.29, 0.717) is 0 Å². The van der Waals surface area contributed by atoms with Crippen molar-refractivity contribution in [2.75, 3.05) is 13.4 Å². The van der Waals surface area contributed by atoms with Gasteiger partial charge in [0.25, 0.3) is 0 Å². The molecular weight excluding hydrogens is 244 g/mol. The number of aryl methyl sites for hydroxylation is 1. The van der Waals surface area contributed by atoms with E-state index in [2.05, 4.69) is 4.74 Å². The Bertz CT molecular complexity index is 533. The normalized spacial score (nSPS) is 13.2. The minimum absolute atomic E-state index is 0.0324. The lowest BCUT2D eigenvalue weighted by atomic mass is 10.1. The van der Waals surface area contributed by atoms with Crippen LogP contribution in [-0.4, -0.2) is 32.9 Å². The number of methoxy groups -OCH3 is 1. The molecule has 0 saturated heterocycles. The summed E-state index contributed by atoms with van der Waals surface area (Å²) in [7, 11) is -2.39. The number of rotatable bonds is 3. The summed E-state index contributed by atoms with van der Waals surface area (Å²) in [6.45, 7) is 1.73. The molecule has 5 nitrogen and oxygen atoms in total. The number of hydrogen-bond donors (Lipinski definition) is 1. The first-order valence-corrected chi connectivity index (χ1v) is 6.73. The largest absolute Gasteiger partial charge is 0.467 e. The molecule has 1 aromatic carbocycles. The zero-order valence-electron chi connectivity index (χ0n) is 9.80. The van der Waals surface area contributed by atoms with Crippen LogP contribution in [0.4, 0.5) is 0 Å². The smallest absolute Gasteiger partial charge is 0.339 e. The number of sulfone groups is 1. The maximum absolute atomic E-state index is 11.6. The Labute approximate surface area is 100.0 Å². The van der Waals surface area contributed by atoms with Crippen molar-refractivity contribution in [2.24, 2.45) is 0 Å². The Balaban J connectivity index is 3.39. The molecule has 0 radical (unpaired) electrons. The highest BCUT2D eigenvalue weighted by molar-refractivity contribution is 7.90. The molecule has 0 spiro atoms. The van der Waals surface area contributed by atoms with Gasteiger partial charge >= 0.3 is 5.97 Å². The number of ether oxygens (including phenoxy) is 1. The minimum Gasteiger partial charge on any atom is -0.467 e. The van der Waals surface area contributed by atoms with Crippen molar-refractivity contribution in [3.63, 3.8) is 0 Å². The van der Waals surface area contributed by atoms with Crippen molar-refractivity contribution in [3.8, 4) is 0 Å². The van der Waals surface area contributed by atoms with Gasteiger partial charge in [0.1, 0.15) is 0 Å². The molecule has 94 valence electrons. The Morgan fingerprint density at radius 3 is 2.47 bits per heavy atom. The fourth-order valence-electron chi connectivity index (χ4n) is 1.43. The first-order valence-electron chi connectivity index (χ1n) is 4.84. The molecule has 0 saturated carbocycles. The Hall–Kier alpha value is -1.40. The molecule has 1 unspecified atom stereocenters. The zero-order chi connectivity index (χ0) is 13.2. The van der Waals surface area contributed by atoms with Crippen LogP contribution in [0, 0.1) is 6.92 Å². The zero-order valence-corrected chi connectivity index (χ0v) is 10.6. The van der Waals surface area contributed by atoms with E-state index in [1.807, 2.05) is 0 Å². The Kier molecular flexibility index (Phi) is 3.90. The van der Waals surface area contributed by atoms with Crippen molar-refractivity contribution < 1.29 is 23.1 Å². The maximum Gasteiger partial charge on any atom is 0.339 e. The first-order chi connectivity index (χ1) is 7.77. The van der Waals surface area contributed by atoms with Crippen LogP contribution in [0.2, 0.25) is 0 Å². The first kappa shape index (κ1) is 13.7. The molecule has 0 fully saturated rings. The highest BCUT2D eigenvalue weighted by Crippen LogP contribution is 2.24. The molecule has 1 N–H and O–H groups in total. The third-order valence-corrected chi connectivity index (χ3v) is 3.44. The number of benzene rings is 1. The average molecular weight is 258 g/mol. The predicted octanol–water partition coefficient (Wildman–Crippen LogP) is 0.605. The Morgan fingerprint density at radius 2 is 2.00 bits per heavy atom. The topological polar surface area (TPSA) is 80.7 Å². The summed E-state index contributed by atoms with van der Waals surface area (Å²) < 4.78 is 27.5. The number of carbonyl (C=O) groups is 1. The number of aliphatic hydroxyl groups is 1. The average Bonchev–Trinajstić information content (AvgIpc) is 2.25. The van der Waals surface area contributed by atoms with E-state index in [4.69, 9.17) is 0 Å². The summed E-state index contributed by atoms with van der Waals surface area (Å²) in [6, 6.07) is 4.44. The lowest BCUT2D eigenvalue weighted by Crippen LogP contribution is -2.16. The third kappa shape index (κ3) is 3.04. The predicted molar refractivity (Wildman–Crippen MR) is 61.3 cm³/mol. The van der Waals surface area contributed by atoms with Crippen LogP contribution < -0.4 is 0 Å². The molecule has 0 aliphatic heterocycles. The van der Waals surface area contributed by atoms with Gasteiger partial charge < -0.3 is 9.84 Å². The second-order valence-electron chi connectivity index (χ2n) is 3.74. The van der Waals surface area contributed by atoms with Gasteiger partial charge in [-0.1, -0.05) is 12.1 Å². The van der Waals surface area contributed by atoms with Gasteiger partial charge in [0.2, 0.25) is 0 Å². The van der Waals surface area contributed by atoms with Crippen molar-refractivity contribution in [1.82, 2.24) is 0 Å². The molecule has 0 aromatic heterocycles. The van der Waals surface area contributed by atoms with E-state index < -0.39 is 21.9 Å². The summed E-state index contributed by atoms with van der Waals surface area (Å²) in [5.41, 5.74) is 0.760. The van der Waals surface area contributed by atoms with Crippen molar-refractivity contribution in [3.05, 3.63) is 29.3 Å². The van der Waals surface area contributed by atoms with Gasteiger partial charge in [-0.05, 0) is 18.6 Å². The molecule has 0 aliphatic carbocycles. The van der Waals surface area contributed by atoms with Gasteiger partial charge in [-0.15, -0.1) is 0 Å². The number of esters is 1. The van der Waals surface area contributed by atoms with Crippen LogP contribution in [0.3, 0.4) is 0 Å². The van der Waals surface area contributed by atoms with E-state index in [0.717, 1.165) is 18.9 Å². The highest BCUT2D eigenvalue weighted by atomic mass is 32.2. The van der Waals surface area contributed by atoms with Gasteiger partial charge in [0.05, 0.1) is 12.0 Å². The van der Waals surface area contributed by atoms with Crippen LogP contribution in [0.15, 0.2) is 23.1 Å². The Morgan fingerprint density at radius 1 is 1.41 bits per heavy atom. The van der Waals surface area contributed by atoms with Crippen LogP contribution >= 0.6 is 0 Å². The van der Waals surface area contributed by atoms with Crippen LogP contribution in [-0.2, 0) is 19.4 Å². The lowest BCUT2D eigenvalue weighted by molar-refractivity contribution is -0.150. The fourth-order valence-corrected chi connectivity index (χ4v) is 2.43. The van der Waals surface area contributed by atoms with Gasteiger partial charge in [-0.25, -0.2) is 13.2 Å². The molecule has 6 heteroatoms. The van der Waals surface area contributed by atoms with Crippen molar-refractivity contribution in [2.45, 2.75) is 17.9 Å². The molecular formula is C11H14O5S.